The first-order chi connectivity index (χ1) is 6.22. The maximum absolute atomic E-state index is 5.45. The van der Waals surface area contributed by atoms with E-state index in [2.05, 4.69) is 37.8 Å². The molecule has 0 aliphatic carbocycles. The molecule has 0 atom stereocenters. The van der Waals surface area contributed by atoms with Crippen molar-refractivity contribution in [2.24, 2.45) is 5.73 Å². The number of thioether (sulfide) groups is 1. The molecule has 0 fully saturated rings. The van der Waals surface area contributed by atoms with E-state index in [-0.39, 0.29) is 0 Å². The van der Waals surface area contributed by atoms with Crippen LogP contribution in [-0.2, 0) is 0 Å². The third-order valence-electron chi connectivity index (χ3n) is 1.72. The molecule has 0 aliphatic heterocycles. The molecule has 1 nitrogen and oxygen atoms in total. The van der Waals surface area contributed by atoms with Crippen molar-refractivity contribution in [1.82, 2.24) is 0 Å². The van der Waals surface area contributed by atoms with E-state index < -0.39 is 0 Å². The van der Waals surface area contributed by atoms with Gasteiger partial charge in [-0.15, -0.1) is 11.8 Å². The molecule has 0 aromatic heterocycles. The van der Waals surface area contributed by atoms with Crippen molar-refractivity contribution in [1.29, 1.82) is 0 Å². The van der Waals surface area contributed by atoms with Crippen molar-refractivity contribution >= 4 is 11.8 Å². The van der Waals surface area contributed by atoms with Gasteiger partial charge in [0.1, 0.15) is 0 Å². The first-order valence-electron chi connectivity index (χ1n) is 4.28. The monoisotopic (exact) mass is 193 g/mol. The minimum atomic E-state index is 0.582. The SMILES string of the molecule is C=C(CN)CSc1cccc(C)c1. The minimum absolute atomic E-state index is 0.582. The summed E-state index contributed by atoms with van der Waals surface area (Å²) in [7, 11) is 0. The summed E-state index contributed by atoms with van der Waals surface area (Å²) < 4.78 is 0. The summed E-state index contributed by atoms with van der Waals surface area (Å²) >= 11 is 1.79. The highest BCUT2D eigenvalue weighted by molar-refractivity contribution is 7.99. The molecule has 0 radical (unpaired) electrons. The topological polar surface area (TPSA) is 26.0 Å². The predicted octanol–water partition coefficient (Wildman–Crippen LogP) is 2.60. The van der Waals surface area contributed by atoms with Crippen LogP contribution in [0.15, 0.2) is 41.3 Å². The number of hydrogen-bond acceptors (Lipinski definition) is 2. The number of aryl methyl sites for hydroxylation is 1. The Kier molecular flexibility index (Phi) is 4.06. The Hall–Kier alpha value is -0.730. The van der Waals surface area contributed by atoms with Crippen LogP contribution < -0.4 is 5.73 Å². The number of nitrogens with two attached hydrogens (primary N) is 1. The lowest BCUT2D eigenvalue weighted by Gasteiger charge is -2.03. The van der Waals surface area contributed by atoms with Crippen LogP contribution in [0.25, 0.3) is 0 Å². The molecule has 0 aliphatic rings. The van der Waals surface area contributed by atoms with Crippen LogP contribution >= 0.6 is 11.8 Å². The van der Waals surface area contributed by atoms with E-state index >= 15 is 0 Å². The fourth-order valence-electron chi connectivity index (χ4n) is 0.949. The average molecular weight is 193 g/mol. The van der Waals surface area contributed by atoms with Gasteiger partial charge in [0.2, 0.25) is 0 Å². The van der Waals surface area contributed by atoms with Crippen molar-refractivity contribution < 1.29 is 0 Å². The van der Waals surface area contributed by atoms with Gasteiger partial charge in [0.15, 0.2) is 0 Å². The highest BCUT2D eigenvalue weighted by atomic mass is 32.2. The second-order valence-corrected chi connectivity index (χ2v) is 4.11. The third-order valence-corrected chi connectivity index (χ3v) is 2.86. The van der Waals surface area contributed by atoms with Crippen molar-refractivity contribution in [3.63, 3.8) is 0 Å². The van der Waals surface area contributed by atoms with E-state index in [1.807, 2.05) is 0 Å². The standard InChI is InChI=1S/C11H15NS/c1-9-4-3-5-11(6-9)13-8-10(2)7-12/h3-6H,2,7-8,12H2,1H3. The molecule has 1 aromatic carbocycles. The van der Waals surface area contributed by atoms with Crippen LogP contribution in [-0.4, -0.2) is 12.3 Å². The Labute approximate surface area is 84.0 Å². The zero-order valence-electron chi connectivity index (χ0n) is 7.92. The van der Waals surface area contributed by atoms with Gasteiger partial charge in [-0.2, -0.15) is 0 Å². The van der Waals surface area contributed by atoms with Gasteiger partial charge in [-0.25, -0.2) is 0 Å². The van der Waals surface area contributed by atoms with E-state index in [9.17, 15) is 0 Å². The van der Waals surface area contributed by atoms with Gasteiger partial charge < -0.3 is 5.73 Å². The van der Waals surface area contributed by atoms with Gasteiger partial charge in [0.25, 0.3) is 0 Å². The number of benzene rings is 1. The molecule has 0 amide bonds. The smallest absolute Gasteiger partial charge is 0.0200 e. The maximum Gasteiger partial charge on any atom is 0.0200 e. The highest BCUT2D eigenvalue weighted by Gasteiger charge is 1.95. The summed E-state index contributed by atoms with van der Waals surface area (Å²) in [6, 6.07) is 8.46. The Morgan fingerprint density at radius 3 is 2.92 bits per heavy atom. The lowest BCUT2D eigenvalue weighted by Crippen LogP contribution is -2.03. The van der Waals surface area contributed by atoms with Crippen LogP contribution in [0.2, 0.25) is 0 Å². The summed E-state index contributed by atoms with van der Waals surface area (Å²) in [4.78, 5) is 1.29. The summed E-state index contributed by atoms with van der Waals surface area (Å²) in [6.07, 6.45) is 0. The molecular weight excluding hydrogens is 178 g/mol. The number of rotatable bonds is 4. The number of hydrogen-bond donors (Lipinski definition) is 1. The quantitative estimate of drug-likeness (QED) is 0.587. The summed E-state index contributed by atoms with van der Waals surface area (Å²) in [5, 5.41) is 0. The second kappa shape index (κ2) is 5.10. The van der Waals surface area contributed by atoms with Gasteiger partial charge in [-0.3, -0.25) is 0 Å². The Morgan fingerprint density at radius 1 is 1.54 bits per heavy atom. The third kappa shape index (κ3) is 3.66. The zero-order valence-corrected chi connectivity index (χ0v) is 8.73. The molecule has 13 heavy (non-hydrogen) atoms. The Bertz CT molecular complexity index is 294. The summed E-state index contributed by atoms with van der Waals surface area (Å²) in [6.45, 7) is 6.55. The lowest BCUT2D eigenvalue weighted by atomic mass is 10.2. The van der Waals surface area contributed by atoms with E-state index in [0.717, 1.165) is 11.3 Å². The first kappa shape index (κ1) is 10.4. The summed E-state index contributed by atoms with van der Waals surface area (Å²) in [5.74, 6) is 0.917. The van der Waals surface area contributed by atoms with Gasteiger partial charge in [-0.05, 0) is 19.1 Å². The van der Waals surface area contributed by atoms with Crippen LogP contribution in [0.1, 0.15) is 5.56 Å². The normalized spacial score (nSPS) is 10.0. The molecule has 1 rings (SSSR count). The van der Waals surface area contributed by atoms with Crippen LogP contribution in [0.3, 0.4) is 0 Å². The van der Waals surface area contributed by atoms with Gasteiger partial charge in [0, 0.05) is 17.2 Å². The molecule has 70 valence electrons. The average Bonchev–Trinajstić information content (AvgIpc) is 2.14. The maximum atomic E-state index is 5.45. The van der Waals surface area contributed by atoms with Crippen LogP contribution in [0.5, 0.6) is 0 Å². The molecule has 1 aromatic rings. The zero-order chi connectivity index (χ0) is 9.68. The molecule has 2 N–H and O–H groups in total. The van der Waals surface area contributed by atoms with E-state index in [1.165, 1.54) is 10.5 Å². The molecule has 0 spiro atoms. The van der Waals surface area contributed by atoms with E-state index in [4.69, 9.17) is 5.73 Å². The van der Waals surface area contributed by atoms with Crippen LogP contribution in [0, 0.1) is 6.92 Å². The van der Waals surface area contributed by atoms with E-state index in [1.54, 1.807) is 11.8 Å². The Morgan fingerprint density at radius 2 is 2.31 bits per heavy atom. The van der Waals surface area contributed by atoms with Gasteiger partial charge in [-0.1, -0.05) is 29.8 Å². The van der Waals surface area contributed by atoms with Crippen molar-refractivity contribution in [2.45, 2.75) is 11.8 Å². The first-order valence-corrected chi connectivity index (χ1v) is 5.27. The fourth-order valence-corrected chi connectivity index (χ4v) is 1.88. The largest absolute Gasteiger partial charge is 0.327 e. The van der Waals surface area contributed by atoms with Crippen molar-refractivity contribution in [3.05, 3.63) is 42.0 Å². The molecule has 2 heteroatoms. The lowest BCUT2D eigenvalue weighted by molar-refractivity contribution is 1.15. The molecule has 0 unspecified atom stereocenters. The molecule has 0 saturated carbocycles. The fraction of sp³-hybridized carbons (Fsp3) is 0.273. The highest BCUT2D eigenvalue weighted by Crippen LogP contribution is 2.20. The van der Waals surface area contributed by atoms with Gasteiger partial charge in [0.05, 0.1) is 0 Å². The molecule has 0 bridgehead atoms. The van der Waals surface area contributed by atoms with Crippen molar-refractivity contribution in [2.75, 3.05) is 12.3 Å². The summed E-state index contributed by atoms with van der Waals surface area (Å²) in [5.41, 5.74) is 7.84. The van der Waals surface area contributed by atoms with Crippen molar-refractivity contribution in [3.8, 4) is 0 Å². The predicted molar refractivity (Wildman–Crippen MR) is 60.1 cm³/mol. The van der Waals surface area contributed by atoms with Crippen LogP contribution in [0.4, 0.5) is 0 Å². The molecular formula is C11H15NS. The second-order valence-electron chi connectivity index (χ2n) is 3.06. The minimum Gasteiger partial charge on any atom is -0.327 e. The van der Waals surface area contributed by atoms with Gasteiger partial charge >= 0.3 is 0 Å². The Balaban J connectivity index is 2.50. The molecule has 0 saturated heterocycles. The molecule has 0 heterocycles. The van der Waals surface area contributed by atoms with E-state index in [0.29, 0.717) is 6.54 Å².